The second kappa shape index (κ2) is 10.6. The molecule has 11 nitrogen and oxygen atoms in total. The van der Waals surface area contributed by atoms with Crippen molar-refractivity contribution in [2.75, 3.05) is 5.32 Å². The zero-order valence-corrected chi connectivity index (χ0v) is 27.4. The Morgan fingerprint density at radius 2 is 1.87 bits per heavy atom. The number of fused-ring (bicyclic) bond motifs is 3. The molecule has 240 valence electrons. The van der Waals surface area contributed by atoms with E-state index in [0.717, 1.165) is 39.4 Å². The molecule has 2 aliphatic rings. The fourth-order valence-electron chi connectivity index (χ4n) is 6.37. The number of alkyl halides is 5. The Hall–Kier alpha value is -4.28. The first-order valence-electron chi connectivity index (χ1n) is 14.5. The number of anilines is 1. The van der Waals surface area contributed by atoms with Crippen molar-refractivity contribution >= 4 is 40.0 Å². The van der Waals surface area contributed by atoms with Crippen LogP contribution in [0.1, 0.15) is 42.0 Å². The summed E-state index contributed by atoms with van der Waals surface area (Å²) in [6.07, 6.45) is 0.771. The number of rotatable bonds is 7. The zero-order valence-electron chi connectivity index (χ0n) is 25.3. The summed E-state index contributed by atoms with van der Waals surface area (Å²) < 4.78 is 42.4. The molecule has 5 aromatic rings. The predicted molar refractivity (Wildman–Crippen MR) is 158 cm³/mol. The van der Waals surface area contributed by atoms with Crippen LogP contribution >= 0.6 is 0 Å². The third-order valence-corrected chi connectivity index (χ3v) is 12.8. The van der Waals surface area contributed by atoms with Crippen LogP contribution in [0.3, 0.4) is 0 Å². The van der Waals surface area contributed by atoms with Crippen LogP contribution in [0.15, 0.2) is 48.9 Å². The van der Waals surface area contributed by atoms with Gasteiger partial charge in [-0.3, -0.25) is 0 Å². The van der Waals surface area contributed by atoms with Gasteiger partial charge >= 0.3 is 243 Å². The molecular formula is C31H29F3IN8O3-. The summed E-state index contributed by atoms with van der Waals surface area (Å²) in [7, 11) is 0. The van der Waals surface area contributed by atoms with Gasteiger partial charge in [-0.05, 0) is 6.92 Å². The molecule has 2 amide bonds. The van der Waals surface area contributed by atoms with Gasteiger partial charge in [0.25, 0.3) is 0 Å². The number of pyridine rings is 1. The summed E-state index contributed by atoms with van der Waals surface area (Å²) in [4.78, 5) is 46.2. The third kappa shape index (κ3) is 5.43. The van der Waals surface area contributed by atoms with Gasteiger partial charge in [-0.15, -0.1) is 0 Å². The number of halogens is 4. The number of aromatic nitrogens is 6. The van der Waals surface area contributed by atoms with Gasteiger partial charge in [0.2, 0.25) is 0 Å². The number of likely N-dealkylation sites (tertiary alicyclic amines) is 1. The van der Waals surface area contributed by atoms with Crippen molar-refractivity contribution in [3.8, 4) is 11.1 Å². The first-order valence-corrected chi connectivity index (χ1v) is 16.9. The predicted octanol–water partition coefficient (Wildman–Crippen LogP) is 1.36. The fourth-order valence-corrected chi connectivity index (χ4v) is 9.77. The van der Waals surface area contributed by atoms with Crippen molar-refractivity contribution in [1.82, 2.24) is 33.8 Å². The number of ketones is 1. The van der Waals surface area contributed by atoms with E-state index in [4.69, 9.17) is 0 Å². The number of hydrogen-bond donors (Lipinski definition) is 1. The van der Waals surface area contributed by atoms with Crippen LogP contribution in [0.2, 0.25) is 0 Å². The number of carbonyl (C=O) groups excluding carboxylic acids is 3. The number of benzene rings is 1. The number of Topliss-reactive ketones (excluding diaryl/α,β-unsaturated/α-hetero) is 1. The first-order chi connectivity index (χ1) is 21.7. The van der Waals surface area contributed by atoms with Gasteiger partial charge in [0.05, 0.1) is 0 Å². The summed E-state index contributed by atoms with van der Waals surface area (Å²) >= 11 is -0.345. The van der Waals surface area contributed by atoms with E-state index in [9.17, 15) is 27.6 Å². The third-order valence-electron chi connectivity index (χ3n) is 8.41. The van der Waals surface area contributed by atoms with Crippen LogP contribution in [0.5, 0.6) is 0 Å². The number of nitrogens with one attached hydrogen (secondary N) is 1. The van der Waals surface area contributed by atoms with Crippen LogP contribution in [0.4, 0.5) is 19.0 Å². The van der Waals surface area contributed by atoms with Gasteiger partial charge < -0.3 is 0 Å². The average Bonchev–Trinajstić information content (AvgIpc) is 3.40. The van der Waals surface area contributed by atoms with Gasteiger partial charge in [-0.25, -0.2) is 4.98 Å². The molecule has 2 fully saturated rings. The first kappa shape index (κ1) is 30.4. The number of carbonyl (C=O) groups is 3. The van der Waals surface area contributed by atoms with Crippen LogP contribution in [0.25, 0.3) is 27.7 Å². The Labute approximate surface area is 271 Å². The molecule has 3 atom stereocenters. The van der Waals surface area contributed by atoms with E-state index in [2.05, 4.69) is 27.4 Å². The van der Waals surface area contributed by atoms with Gasteiger partial charge in [0.15, 0.2) is 5.65 Å². The zero-order chi connectivity index (χ0) is 32.7. The molecule has 4 aromatic heterocycles. The normalized spacial score (nSPS) is 21.0. The maximum absolute atomic E-state index is 14.0. The summed E-state index contributed by atoms with van der Waals surface area (Å²) in [5.74, 6) is -0.220. The topological polar surface area (TPSA) is 119 Å². The quantitative estimate of drug-likeness (QED) is 0.116. The second-order valence-corrected chi connectivity index (χ2v) is 16.3. The van der Waals surface area contributed by atoms with Crippen molar-refractivity contribution in [2.45, 2.75) is 66.9 Å². The molecule has 0 unspecified atom stereocenters. The summed E-state index contributed by atoms with van der Waals surface area (Å²) in [5, 5.41) is 11.6. The van der Waals surface area contributed by atoms with Crippen molar-refractivity contribution in [2.24, 2.45) is 0 Å². The van der Waals surface area contributed by atoms with E-state index in [1.54, 1.807) is 20.2 Å². The molecule has 15 heteroatoms. The second-order valence-electron chi connectivity index (χ2n) is 12.0. The molecule has 2 saturated heterocycles. The molecule has 0 aliphatic carbocycles. The molecule has 7 rings (SSSR count). The SMILES string of the molecule is CC(=O)c1cn(CC(=O)N2[C@H](C(=O)Nc3ccn(CC(F)(F)F)n3)C[C@@]3(C)[I-][C@@H]23)c2c(C)cc(-c3ccc4nc(C)nn4c3)cc12. The van der Waals surface area contributed by atoms with E-state index >= 15 is 0 Å². The molecule has 0 spiro atoms. The number of hydrogen-bond acceptors (Lipinski definition) is 6. The van der Waals surface area contributed by atoms with Gasteiger partial charge in [-0.2, -0.15) is 5.10 Å². The van der Waals surface area contributed by atoms with Crippen LogP contribution in [0, 0.1) is 13.8 Å². The van der Waals surface area contributed by atoms with E-state index in [1.807, 2.05) is 44.3 Å². The summed E-state index contributed by atoms with van der Waals surface area (Å²) in [5.41, 5.74) is 4.62. The molecule has 1 aromatic carbocycles. The molecule has 0 radical (unpaired) electrons. The van der Waals surface area contributed by atoms with Crippen LogP contribution in [-0.2, 0) is 22.7 Å². The Kier molecular flexibility index (Phi) is 7.02. The van der Waals surface area contributed by atoms with Crippen LogP contribution in [-0.4, -0.2) is 71.1 Å². The maximum atomic E-state index is 14.0. The van der Waals surface area contributed by atoms with E-state index in [-0.39, 0.29) is 52.7 Å². The monoisotopic (exact) mass is 745 g/mol. The molecule has 46 heavy (non-hydrogen) atoms. The van der Waals surface area contributed by atoms with Crippen molar-refractivity contribution in [3.63, 3.8) is 0 Å². The number of nitrogens with zero attached hydrogens (tertiary/aromatic N) is 7. The van der Waals surface area contributed by atoms with Crippen molar-refractivity contribution in [1.29, 1.82) is 0 Å². The summed E-state index contributed by atoms with van der Waals surface area (Å²) in [6, 6.07) is 8.31. The van der Waals surface area contributed by atoms with Crippen LogP contribution < -0.4 is 26.5 Å². The van der Waals surface area contributed by atoms with Gasteiger partial charge in [-0.1, -0.05) is 0 Å². The molecule has 0 saturated carbocycles. The number of amides is 2. The Bertz CT molecular complexity index is 2080. The minimum atomic E-state index is -4.45. The number of aryl methyl sites for hydroxylation is 2. The Balaban J connectivity index is 1.17. The van der Waals surface area contributed by atoms with E-state index in [1.165, 1.54) is 13.0 Å². The standard InChI is InChI=1S/C31H29F3IN8O3/c1-16-9-20(19-5-6-25-36-18(3)38-42(25)12-19)10-21-22(17(2)44)13-40(27(16)21)14-26(45)43-23(11-30(4)29(43)35-30)28(46)37-24-7-8-41(39-24)15-31(32,33)34/h5-10,12-13,23,29H,11,14-15H2,1-4H3,(H,37,39,46)/q-1/t23-,29-,30+/m0/s1. The summed E-state index contributed by atoms with van der Waals surface area (Å²) in [6.45, 7) is 5.97. The molecule has 0 bridgehead atoms. The molecule has 1 N–H and O–H groups in total. The van der Waals surface area contributed by atoms with Gasteiger partial charge in [0.1, 0.15) is 5.82 Å². The molecular weight excluding hydrogens is 716 g/mol. The van der Waals surface area contributed by atoms with Crippen molar-refractivity contribution in [3.05, 3.63) is 65.9 Å². The average molecular weight is 746 g/mol. The molecule has 6 heterocycles. The van der Waals surface area contributed by atoms with Gasteiger partial charge in [0, 0.05) is 0 Å². The fraction of sp³-hybridized carbons (Fsp3) is 0.355. The van der Waals surface area contributed by atoms with E-state index < -0.39 is 24.7 Å². The van der Waals surface area contributed by atoms with E-state index in [0.29, 0.717) is 22.5 Å². The minimum absolute atomic E-state index is 0.00545. The molecule has 2 aliphatic heterocycles. The van der Waals surface area contributed by atoms with Crippen molar-refractivity contribution < 1.29 is 48.8 Å². The Morgan fingerprint density at radius 3 is 2.61 bits per heavy atom. The Morgan fingerprint density at radius 1 is 1.09 bits per heavy atom.